The number of nitrogens with one attached hydrogen (secondary N) is 1. The Morgan fingerprint density at radius 3 is 2.49 bits per heavy atom. The summed E-state index contributed by atoms with van der Waals surface area (Å²) < 4.78 is 14.0. The standard InChI is InChI=1S/C32H31N4O3S.ClH/c37-32(30(33-24-11-5-2-6-12-24)26-21-40-28-14-8-7-13-25(26)28)38-27-19-36(17-15-22(27)16-18-36)20-29-34-31(39-35-29)23-9-3-1-4-10-23;/h1-14,21-22,27,30,33H,15-20H2;1H/q+1;/p-1/t22?,27-,30?,36?;/m0./s1. The molecule has 3 saturated heterocycles. The van der Waals surface area contributed by atoms with E-state index in [-0.39, 0.29) is 24.5 Å². The van der Waals surface area contributed by atoms with Gasteiger partial charge in [0.25, 0.3) is 5.89 Å². The van der Waals surface area contributed by atoms with Crippen molar-refractivity contribution in [3.8, 4) is 11.5 Å². The minimum atomic E-state index is -0.590. The molecule has 2 bridgehead atoms. The van der Waals surface area contributed by atoms with Crippen LogP contribution in [0.5, 0.6) is 0 Å². The van der Waals surface area contributed by atoms with Crippen LogP contribution in [0.4, 0.5) is 5.69 Å². The first-order chi connectivity index (χ1) is 19.7. The van der Waals surface area contributed by atoms with Crippen LogP contribution in [-0.2, 0) is 16.1 Å². The van der Waals surface area contributed by atoms with Crippen LogP contribution < -0.4 is 17.7 Å². The fraction of sp³-hybridized carbons (Fsp3) is 0.281. The number of anilines is 1. The Morgan fingerprint density at radius 1 is 1.00 bits per heavy atom. The molecular weight excluding hydrogens is 556 g/mol. The SMILES string of the molecule is O=C(O[C@H]1C[N+]2(Cc3noc(-c4ccccc4)n3)CCC1CC2)C(Nc1ccccc1)c1csc2ccccc12.[Cl-]. The van der Waals surface area contributed by atoms with Crippen LogP contribution in [0.3, 0.4) is 0 Å². The molecule has 0 spiro atoms. The number of hydrogen-bond donors (Lipinski definition) is 1. The molecule has 41 heavy (non-hydrogen) atoms. The number of carbonyl (C=O) groups excluding carboxylic acids is 1. The highest BCUT2D eigenvalue weighted by Gasteiger charge is 2.49. The van der Waals surface area contributed by atoms with Crippen LogP contribution in [-0.4, -0.2) is 46.3 Å². The van der Waals surface area contributed by atoms with Gasteiger partial charge in [-0.1, -0.05) is 59.8 Å². The van der Waals surface area contributed by atoms with Gasteiger partial charge in [0.2, 0.25) is 5.82 Å². The lowest BCUT2D eigenvalue weighted by Crippen LogP contribution is -3.00. The van der Waals surface area contributed by atoms with Crippen molar-refractivity contribution >= 4 is 33.1 Å². The third kappa shape index (κ3) is 5.60. The molecule has 0 aliphatic carbocycles. The lowest BCUT2D eigenvalue weighted by atomic mass is 9.83. The van der Waals surface area contributed by atoms with E-state index in [4.69, 9.17) is 14.2 Å². The van der Waals surface area contributed by atoms with E-state index in [1.807, 2.05) is 72.8 Å². The minimum absolute atomic E-state index is 0. The monoisotopic (exact) mass is 586 g/mol. The number of quaternary nitrogens is 1. The number of fused-ring (bicyclic) bond motifs is 4. The summed E-state index contributed by atoms with van der Waals surface area (Å²) in [4.78, 5) is 18.6. The van der Waals surface area contributed by atoms with Gasteiger partial charge in [0, 0.05) is 40.3 Å². The number of rotatable bonds is 8. The number of benzene rings is 3. The Balaban J connectivity index is 0.00000302. The van der Waals surface area contributed by atoms with Crippen LogP contribution in [0.15, 0.2) is 94.8 Å². The lowest BCUT2D eigenvalue weighted by molar-refractivity contribution is -0.958. The number of thiophene rings is 1. The fourth-order valence-corrected chi connectivity index (χ4v) is 7.28. The van der Waals surface area contributed by atoms with Crippen molar-refractivity contribution in [1.82, 2.24) is 10.1 Å². The van der Waals surface area contributed by atoms with Gasteiger partial charge >= 0.3 is 5.97 Å². The number of ether oxygens (including phenoxy) is 1. The third-order valence-corrected chi connectivity index (χ3v) is 9.40. The molecule has 0 radical (unpaired) electrons. The molecule has 3 aliphatic heterocycles. The first kappa shape index (κ1) is 27.4. The van der Waals surface area contributed by atoms with Crippen molar-refractivity contribution in [2.45, 2.75) is 31.5 Å². The maximum Gasteiger partial charge on any atom is 0.333 e. The van der Waals surface area contributed by atoms with E-state index in [1.165, 1.54) is 0 Å². The third-order valence-electron chi connectivity index (χ3n) is 8.42. The molecule has 210 valence electrons. The molecule has 3 fully saturated rings. The van der Waals surface area contributed by atoms with Crippen LogP contribution in [0.2, 0.25) is 0 Å². The number of esters is 1. The maximum absolute atomic E-state index is 13.9. The summed E-state index contributed by atoms with van der Waals surface area (Å²) in [5, 5.41) is 10.9. The van der Waals surface area contributed by atoms with Gasteiger partial charge in [-0.05, 0) is 41.1 Å². The van der Waals surface area contributed by atoms with Gasteiger partial charge in [-0.3, -0.25) is 0 Å². The van der Waals surface area contributed by atoms with Gasteiger partial charge < -0.3 is 31.5 Å². The highest BCUT2D eigenvalue weighted by atomic mass is 35.5. The molecule has 3 aliphatic rings. The first-order valence-corrected chi connectivity index (χ1v) is 14.8. The van der Waals surface area contributed by atoms with Crippen LogP contribution in [0, 0.1) is 5.92 Å². The van der Waals surface area contributed by atoms with Crippen molar-refractivity contribution in [3.05, 3.63) is 102 Å². The molecule has 0 saturated carbocycles. The second-order valence-corrected chi connectivity index (χ2v) is 11.9. The molecule has 1 N–H and O–H groups in total. The molecule has 1 unspecified atom stereocenters. The summed E-state index contributed by atoms with van der Waals surface area (Å²) in [7, 11) is 0. The second kappa shape index (κ2) is 11.6. The number of hydrogen-bond acceptors (Lipinski definition) is 7. The van der Waals surface area contributed by atoms with Crippen LogP contribution in [0.1, 0.15) is 30.3 Å². The first-order valence-electron chi connectivity index (χ1n) is 13.9. The molecular formula is C32H31ClN4O3S. The molecule has 5 heterocycles. The van der Waals surface area contributed by atoms with Gasteiger partial charge in [-0.15, -0.1) is 11.3 Å². The number of para-hydroxylation sites is 1. The predicted molar refractivity (Wildman–Crippen MR) is 156 cm³/mol. The summed E-state index contributed by atoms with van der Waals surface area (Å²) in [6.07, 6.45) is 1.92. The van der Waals surface area contributed by atoms with Gasteiger partial charge in [0.15, 0.2) is 12.1 Å². The second-order valence-electron chi connectivity index (χ2n) is 11.0. The zero-order chi connectivity index (χ0) is 26.9. The highest BCUT2D eigenvalue weighted by molar-refractivity contribution is 7.17. The summed E-state index contributed by atoms with van der Waals surface area (Å²) in [5.74, 6) is 1.40. The van der Waals surface area contributed by atoms with Gasteiger partial charge in [-0.25, -0.2) is 4.79 Å². The van der Waals surface area contributed by atoms with Crippen LogP contribution in [0.25, 0.3) is 21.5 Å². The number of aromatic nitrogens is 2. The summed E-state index contributed by atoms with van der Waals surface area (Å²) in [6, 6.07) is 27.4. The number of halogens is 1. The quantitative estimate of drug-likeness (QED) is 0.222. The Kier molecular flexibility index (Phi) is 7.79. The van der Waals surface area contributed by atoms with Crippen molar-refractivity contribution in [2.24, 2.45) is 5.92 Å². The largest absolute Gasteiger partial charge is 1.00 e. The molecule has 5 aromatic rings. The zero-order valence-electron chi connectivity index (χ0n) is 22.5. The number of carbonyl (C=O) groups is 1. The normalized spacial score (nSPS) is 22.1. The maximum atomic E-state index is 13.9. The predicted octanol–water partition coefficient (Wildman–Crippen LogP) is 3.46. The van der Waals surface area contributed by atoms with Gasteiger partial charge in [0.1, 0.15) is 13.1 Å². The van der Waals surface area contributed by atoms with Crippen LogP contribution >= 0.6 is 11.3 Å². The average molecular weight is 587 g/mol. The number of nitrogens with zero attached hydrogens (tertiary/aromatic N) is 3. The zero-order valence-corrected chi connectivity index (χ0v) is 24.1. The Bertz CT molecular complexity index is 1620. The molecule has 9 heteroatoms. The summed E-state index contributed by atoms with van der Waals surface area (Å²) in [6.45, 7) is 3.52. The Morgan fingerprint density at radius 2 is 1.71 bits per heavy atom. The van der Waals surface area contributed by atoms with E-state index in [0.29, 0.717) is 24.2 Å². The smallest absolute Gasteiger partial charge is 0.333 e. The minimum Gasteiger partial charge on any atom is -1.00 e. The van der Waals surface area contributed by atoms with Crippen molar-refractivity contribution < 1.29 is 30.9 Å². The fourth-order valence-electron chi connectivity index (χ4n) is 6.30. The lowest BCUT2D eigenvalue weighted by Gasteiger charge is -2.51. The highest BCUT2D eigenvalue weighted by Crippen LogP contribution is 2.39. The van der Waals surface area contributed by atoms with E-state index < -0.39 is 6.04 Å². The topological polar surface area (TPSA) is 77.2 Å². The molecule has 3 aromatic carbocycles. The van der Waals surface area contributed by atoms with E-state index in [0.717, 1.165) is 63.9 Å². The summed E-state index contributed by atoms with van der Waals surface area (Å²) in [5.41, 5.74) is 2.77. The number of piperidine rings is 3. The molecule has 7 nitrogen and oxygen atoms in total. The molecule has 8 rings (SSSR count). The molecule has 2 aromatic heterocycles. The Labute approximate surface area is 249 Å². The van der Waals surface area contributed by atoms with E-state index in [2.05, 4.69) is 28.0 Å². The summed E-state index contributed by atoms with van der Waals surface area (Å²) >= 11 is 1.66. The van der Waals surface area contributed by atoms with Gasteiger partial charge in [0.05, 0.1) is 13.1 Å². The van der Waals surface area contributed by atoms with E-state index >= 15 is 0 Å². The van der Waals surface area contributed by atoms with Gasteiger partial charge in [-0.2, -0.15) is 4.98 Å². The molecule has 0 amide bonds. The van der Waals surface area contributed by atoms with Crippen molar-refractivity contribution in [3.63, 3.8) is 0 Å². The van der Waals surface area contributed by atoms with E-state index in [1.54, 1.807) is 11.3 Å². The average Bonchev–Trinajstić information content (AvgIpc) is 3.64. The van der Waals surface area contributed by atoms with Crippen molar-refractivity contribution in [2.75, 3.05) is 25.0 Å². The van der Waals surface area contributed by atoms with Crippen molar-refractivity contribution in [1.29, 1.82) is 0 Å². The molecule has 2 atom stereocenters. The van der Waals surface area contributed by atoms with E-state index in [9.17, 15) is 4.79 Å². The Hall–Kier alpha value is -3.72.